The summed E-state index contributed by atoms with van der Waals surface area (Å²) in [5.41, 5.74) is 0.942. The lowest BCUT2D eigenvalue weighted by atomic mass is 9.71. The van der Waals surface area contributed by atoms with Gasteiger partial charge < -0.3 is 9.88 Å². The molecule has 1 aliphatic carbocycles. The van der Waals surface area contributed by atoms with Crippen molar-refractivity contribution in [1.29, 1.82) is 0 Å². The topological polar surface area (TPSA) is 59.8 Å². The molecule has 1 aromatic heterocycles. The molecule has 1 saturated carbocycles. The molecule has 0 unspecified atom stereocenters. The van der Waals surface area contributed by atoms with Crippen molar-refractivity contribution in [2.75, 3.05) is 0 Å². The van der Waals surface area contributed by atoms with Crippen LogP contribution in [0.25, 0.3) is 0 Å². The van der Waals surface area contributed by atoms with Crippen LogP contribution in [0.15, 0.2) is 40.2 Å². The predicted octanol–water partition coefficient (Wildman–Crippen LogP) is 3.25. The molecule has 1 heterocycles. The van der Waals surface area contributed by atoms with E-state index in [2.05, 4.69) is 43.6 Å². The number of nitrogens with one attached hydrogen (secondary N) is 1. The number of aromatic nitrogens is 3. The van der Waals surface area contributed by atoms with E-state index in [-0.39, 0.29) is 16.7 Å². The Kier molecular flexibility index (Phi) is 4.77. The zero-order chi connectivity index (χ0) is 16.4. The molecule has 0 radical (unpaired) electrons. The summed E-state index contributed by atoms with van der Waals surface area (Å²) < 4.78 is 2.86. The first-order chi connectivity index (χ1) is 11.0. The number of rotatable bonds is 5. The number of aryl methyl sites for hydroxylation is 1. The number of thioether (sulfide) groups is 1. The van der Waals surface area contributed by atoms with Gasteiger partial charge >= 0.3 is 0 Å². The molecule has 1 aliphatic rings. The predicted molar refractivity (Wildman–Crippen MR) is 94.1 cm³/mol. The Hall–Kier alpha value is -1.34. The van der Waals surface area contributed by atoms with E-state index in [1.165, 1.54) is 17.3 Å². The number of halogens is 1. The zero-order valence-corrected chi connectivity index (χ0v) is 15.5. The normalized spacial score (nSPS) is 17.3. The van der Waals surface area contributed by atoms with Gasteiger partial charge in [-0.15, -0.1) is 10.2 Å². The molecule has 1 atom stereocenters. The van der Waals surface area contributed by atoms with Crippen molar-refractivity contribution in [3.8, 4) is 0 Å². The van der Waals surface area contributed by atoms with E-state index in [1.54, 1.807) is 6.33 Å². The van der Waals surface area contributed by atoms with Gasteiger partial charge in [0.15, 0.2) is 5.16 Å². The lowest BCUT2D eigenvalue weighted by Gasteiger charge is -2.43. The Balaban J connectivity index is 1.71. The van der Waals surface area contributed by atoms with Gasteiger partial charge in [-0.3, -0.25) is 4.79 Å². The molecular weight excluding hydrogens is 376 g/mol. The second-order valence-corrected chi connectivity index (χ2v) is 8.14. The van der Waals surface area contributed by atoms with Crippen molar-refractivity contribution in [2.45, 2.75) is 42.1 Å². The molecule has 5 nitrogen and oxygen atoms in total. The van der Waals surface area contributed by atoms with E-state index in [0.29, 0.717) is 0 Å². The van der Waals surface area contributed by atoms with Crippen molar-refractivity contribution in [3.05, 3.63) is 40.6 Å². The first-order valence-electron chi connectivity index (χ1n) is 7.59. The van der Waals surface area contributed by atoms with E-state index in [9.17, 15) is 4.79 Å². The van der Waals surface area contributed by atoms with Crippen molar-refractivity contribution in [1.82, 2.24) is 20.1 Å². The van der Waals surface area contributed by atoms with Gasteiger partial charge in [-0.1, -0.05) is 39.8 Å². The third-order valence-corrected chi connectivity index (χ3v) is 5.91. The fourth-order valence-electron chi connectivity index (χ4n) is 2.73. The Morgan fingerprint density at radius 3 is 2.83 bits per heavy atom. The third-order valence-electron chi connectivity index (χ3n) is 4.27. The quantitative estimate of drug-likeness (QED) is 0.790. The molecule has 0 saturated heterocycles. The summed E-state index contributed by atoms with van der Waals surface area (Å²) >= 11 is 4.94. The zero-order valence-electron chi connectivity index (χ0n) is 13.1. The average molecular weight is 395 g/mol. The molecule has 0 bridgehead atoms. The molecule has 2 aromatic rings. The van der Waals surface area contributed by atoms with Crippen LogP contribution in [0.5, 0.6) is 0 Å². The number of nitrogens with zero attached hydrogens (tertiary/aromatic N) is 3. The summed E-state index contributed by atoms with van der Waals surface area (Å²) in [4.78, 5) is 12.6. The van der Waals surface area contributed by atoms with Gasteiger partial charge in [-0.2, -0.15) is 0 Å². The van der Waals surface area contributed by atoms with Crippen molar-refractivity contribution in [3.63, 3.8) is 0 Å². The van der Waals surface area contributed by atoms with Gasteiger partial charge in [0.1, 0.15) is 6.33 Å². The molecule has 23 heavy (non-hydrogen) atoms. The maximum atomic E-state index is 12.6. The minimum absolute atomic E-state index is 0.0395. The van der Waals surface area contributed by atoms with Crippen LogP contribution in [0, 0.1) is 0 Å². The van der Waals surface area contributed by atoms with E-state index in [4.69, 9.17) is 0 Å². The highest BCUT2D eigenvalue weighted by Crippen LogP contribution is 2.42. The number of hydrogen-bond acceptors (Lipinski definition) is 4. The van der Waals surface area contributed by atoms with Gasteiger partial charge in [-0.05, 0) is 43.9 Å². The average Bonchev–Trinajstić information content (AvgIpc) is 2.88. The van der Waals surface area contributed by atoms with Crippen LogP contribution in [0.3, 0.4) is 0 Å². The van der Waals surface area contributed by atoms with E-state index in [1.807, 2.05) is 30.7 Å². The van der Waals surface area contributed by atoms with Crippen LogP contribution in [0.1, 0.15) is 31.7 Å². The van der Waals surface area contributed by atoms with E-state index in [0.717, 1.165) is 28.9 Å². The van der Waals surface area contributed by atoms with Crippen LogP contribution < -0.4 is 5.32 Å². The first-order valence-corrected chi connectivity index (χ1v) is 9.26. The summed E-state index contributed by atoms with van der Waals surface area (Å²) in [6.45, 7) is 1.90. The van der Waals surface area contributed by atoms with Gasteiger partial charge in [-0.25, -0.2) is 0 Å². The van der Waals surface area contributed by atoms with E-state index >= 15 is 0 Å². The van der Waals surface area contributed by atoms with Crippen LogP contribution in [-0.4, -0.2) is 25.9 Å². The molecule has 7 heteroatoms. The van der Waals surface area contributed by atoms with Crippen LogP contribution >= 0.6 is 27.7 Å². The SMILES string of the molecule is C[C@H](Sc1nncn1C)C(=O)NC1(c2cccc(Br)c2)CCC1. The van der Waals surface area contributed by atoms with Crippen molar-refractivity contribution in [2.24, 2.45) is 7.05 Å². The fraction of sp³-hybridized carbons (Fsp3) is 0.438. The lowest BCUT2D eigenvalue weighted by molar-refractivity contribution is -0.123. The van der Waals surface area contributed by atoms with Gasteiger partial charge in [0.2, 0.25) is 5.91 Å². The minimum Gasteiger partial charge on any atom is -0.346 e. The van der Waals surface area contributed by atoms with E-state index < -0.39 is 0 Å². The molecule has 0 spiro atoms. The number of carbonyl (C=O) groups excluding carboxylic acids is 1. The summed E-state index contributed by atoms with van der Waals surface area (Å²) in [7, 11) is 1.88. The molecule has 1 aromatic carbocycles. The summed E-state index contributed by atoms with van der Waals surface area (Å²) in [6, 6.07) is 8.21. The highest BCUT2D eigenvalue weighted by atomic mass is 79.9. The van der Waals surface area contributed by atoms with Crippen LogP contribution in [0.4, 0.5) is 0 Å². The molecule has 122 valence electrons. The maximum absolute atomic E-state index is 12.6. The molecule has 3 rings (SSSR count). The first kappa shape index (κ1) is 16.5. The number of amides is 1. The molecule has 1 amide bonds. The highest BCUT2D eigenvalue weighted by Gasteiger charge is 2.41. The van der Waals surface area contributed by atoms with Crippen molar-refractivity contribution < 1.29 is 4.79 Å². The van der Waals surface area contributed by atoms with Crippen LogP contribution in [0.2, 0.25) is 0 Å². The molecule has 1 fully saturated rings. The number of benzene rings is 1. The number of hydrogen-bond donors (Lipinski definition) is 1. The summed E-state index contributed by atoms with van der Waals surface area (Å²) in [5.74, 6) is 0.0395. The Morgan fingerprint density at radius 1 is 1.48 bits per heavy atom. The van der Waals surface area contributed by atoms with Gasteiger partial charge in [0, 0.05) is 11.5 Å². The smallest absolute Gasteiger partial charge is 0.234 e. The Morgan fingerprint density at radius 2 is 2.26 bits per heavy atom. The minimum atomic E-state index is -0.227. The molecule has 1 N–H and O–H groups in total. The standard InChI is InChI=1S/C16H19BrN4OS/c1-11(23-15-20-18-10-21(15)2)14(22)19-16(7-4-8-16)12-5-3-6-13(17)9-12/h3,5-6,9-11H,4,7-8H2,1-2H3,(H,19,22)/t11-/m0/s1. The summed E-state index contributed by atoms with van der Waals surface area (Å²) in [5, 5.41) is 11.7. The van der Waals surface area contributed by atoms with Crippen molar-refractivity contribution >= 4 is 33.6 Å². The maximum Gasteiger partial charge on any atom is 0.234 e. The largest absolute Gasteiger partial charge is 0.346 e. The Labute approximate surface area is 148 Å². The third kappa shape index (κ3) is 3.45. The van der Waals surface area contributed by atoms with Gasteiger partial charge in [0.25, 0.3) is 0 Å². The molecule has 0 aliphatic heterocycles. The monoisotopic (exact) mass is 394 g/mol. The second-order valence-electron chi connectivity index (χ2n) is 5.92. The van der Waals surface area contributed by atoms with Gasteiger partial charge in [0.05, 0.1) is 10.8 Å². The lowest BCUT2D eigenvalue weighted by Crippen LogP contribution is -2.52. The second kappa shape index (κ2) is 6.65. The Bertz CT molecular complexity index is 714. The summed E-state index contributed by atoms with van der Waals surface area (Å²) in [6.07, 6.45) is 4.74. The highest BCUT2D eigenvalue weighted by molar-refractivity contribution is 9.10. The fourth-order valence-corrected chi connectivity index (χ4v) is 3.92. The van der Waals surface area contributed by atoms with Crippen LogP contribution in [-0.2, 0) is 17.4 Å². The molecular formula is C16H19BrN4OS. The number of carbonyl (C=O) groups is 1.